The third-order valence-electron chi connectivity index (χ3n) is 2.59. The van der Waals surface area contributed by atoms with Crippen molar-refractivity contribution in [1.82, 2.24) is 15.2 Å². The van der Waals surface area contributed by atoms with Crippen molar-refractivity contribution in [2.24, 2.45) is 0 Å². The lowest BCUT2D eigenvalue weighted by Gasteiger charge is -2.17. The summed E-state index contributed by atoms with van der Waals surface area (Å²) in [7, 11) is 3.54. The molecule has 0 saturated carbocycles. The van der Waals surface area contributed by atoms with Crippen molar-refractivity contribution in [2.45, 2.75) is 45.7 Å². The van der Waals surface area contributed by atoms with Gasteiger partial charge in [0.25, 0.3) is 0 Å². The van der Waals surface area contributed by atoms with Crippen molar-refractivity contribution in [2.75, 3.05) is 14.1 Å². The first-order valence-electron chi connectivity index (χ1n) is 6.11. The summed E-state index contributed by atoms with van der Waals surface area (Å²) < 4.78 is 0. The molecule has 4 nitrogen and oxygen atoms in total. The Bertz CT molecular complexity index is 407. The number of aromatic nitrogens is 1. The zero-order valence-electron chi connectivity index (χ0n) is 12.1. The lowest BCUT2D eigenvalue weighted by molar-refractivity contribution is -0.130. The minimum atomic E-state index is -0.166. The topological polar surface area (TPSA) is 45.2 Å². The maximum atomic E-state index is 11.7. The molecule has 18 heavy (non-hydrogen) atoms. The number of rotatable bonds is 4. The van der Waals surface area contributed by atoms with Gasteiger partial charge < -0.3 is 10.2 Å². The van der Waals surface area contributed by atoms with Gasteiger partial charge in [-0.05, 0) is 6.92 Å². The smallest absolute Gasteiger partial charge is 0.238 e. The molecule has 1 aromatic rings. The Labute approximate surface area is 113 Å². The van der Waals surface area contributed by atoms with Crippen LogP contribution in [-0.4, -0.2) is 35.9 Å². The van der Waals surface area contributed by atoms with Gasteiger partial charge in [-0.25, -0.2) is 4.98 Å². The molecule has 1 aromatic heterocycles. The van der Waals surface area contributed by atoms with Gasteiger partial charge in [0.05, 0.1) is 11.0 Å². The van der Waals surface area contributed by atoms with E-state index in [2.05, 4.69) is 31.1 Å². The van der Waals surface area contributed by atoms with E-state index in [9.17, 15) is 4.79 Å². The number of likely N-dealkylation sites (N-methyl/N-ethyl adjacent to an activating group) is 1. The first kappa shape index (κ1) is 15.1. The average molecular weight is 269 g/mol. The average Bonchev–Trinajstić information content (AvgIpc) is 2.72. The van der Waals surface area contributed by atoms with Crippen LogP contribution in [0.15, 0.2) is 6.20 Å². The van der Waals surface area contributed by atoms with Crippen LogP contribution in [0.4, 0.5) is 0 Å². The van der Waals surface area contributed by atoms with E-state index in [0.717, 1.165) is 5.01 Å². The summed E-state index contributed by atoms with van der Waals surface area (Å²) in [4.78, 5) is 18.9. The highest BCUT2D eigenvalue weighted by Gasteiger charge is 2.19. The number of carbonyl (C=O) groups is 1. The van der Waals surface area contributed by atoms with Crippen LogP contribution in [0.1, 0.15) is 37.6 Å². The summed E-state index contributed by atoms with van der Waals surface area (Å²) in [6, 6.07) is -0.166. The van der Waals surface area contributed by atoms with E-state index in [1.165, 1.54) is 4.88 Å². The lowest BCUT2D eigenvalue weighted by atomic mass is 9.98. The van der Waals surface area contributed by atoms with Crippen LogP contribution in [0, 0.1) is 0 Å². The fourth-order valence-corrected chi connectivity index (χ4v) is 2.39. The molecule has 102 valence electrons. The molecule has 1 amide bonds. The second-order valence-corrected chi connectivity index (χ2v) is 6.83. The van der Waals surface area contributed by atoms with Gasteiger partial charge in [-0.1, -0.05) is 20.8 Å². The van der Waals surface area contributed by atoms with E-state index in [-0.39, 0.29) is 17.4 Å². The van der Waals surface area contributed by atoms with E-state index in [4.69, 9.17) is 0 Å². The molecule has 1 atom stereocenters. The number of thiazole rings is 1. The Hall–Kier alpha value is -0.940. The maximum absolute atomic E-state index is 11.7. The van der Waals surface area contributed by atoms with Crippen molar-refractivity contribution in [3.8, 4) is 0 Å². The molecule has 0 aliphatic rings. The molecule has 5 heteroatoms. The standard InChI is InChI=1S/C13H23N3OS/c1-9(11(17)16(5)6)14-7-10-8-15-12(18-10)13(2,3)4/h8-9,14H,7H2,1-6H3. The van der Waals surface area contributed by atoms with Crippen LogP contribution < -0.4 is 5.32 Å². The number of nitrogens with zero attached hydrogens (tertiary/aromatic N) is 2. The second kappa shape index (κ2) is 5.80. The molecule has 0 bridgehead atoms. The highest BCUT2D eigenvalue weighted by atomic mass is 32.1. The van der Waals surface area contributed by atoms with Gasteiger partial charge in [0.15, 0.2) is 0 Å². The summed E-state index contributed by atoms with van der Waals surface area (Å²) in [6.45, 7) is 9.03. The molecule has 1 rings (SSSR count). The van der Waals surface area contributed by atoms with Crippen LogP contribution in [-0.2, 0) is 16.8 Å². The zero-order chi connectivity index (χ0) is 13.9. The van der Waals surface area contributed by atoms with Crippen LogP contribution >= 0.6 is 11.3 Å². The molecule has 1 unspecified atom stereocenters. The van der Waals surface area contributed by atoms with Crippen molar-refractivity contribution in [3.05, 3.63) is 16.1 Å². The number of amides is 1. The number of nitrogens with one attached hydrogen (secondary N) is 1. The highest BCUT2D eigenvalue weighted by Crippen LogP contribution is 2.26. The minimum absolute atomic E-state index is 0.0913. The molecular weight excluding hydrogens is 246 g/mol. The summed E-state index contributed by atoms with van der Waals surface area (Å²) in [5, 5.41) is 4.35. The summed E-state index contributed by atoms with van der Waals surface area (Å²) >= 11 is 1.70. The Morgan fingerprint density at radius 3 is 2.56 bits per heavy atom. The van der Waals surface area contributed by atoms with E-state index in [1.54, 1.807) is 30.3 Å². The first-order valence-corrected chi connectivity index (χ1v) is 6.93. The van der Waals surface area contributed by atoms with Crippen molar-refractivity contribution in [3.63, 3.8) is 0 Å². The Kier molecular flexibility index (Phi) is 4.87. The van der Waals surface area contributed by atoms with Crippen LogP contribution in [0.25, 0.3) is 0 Å². The van der Waals surface area contributed by atoms with Gasteiger partial charge in [-0.3, -0.25) is 4.79 Å². The summed E-state index contributed by atoms with van der Waals surface area (Å²) in [5.74, 6) is 0.0931. The zero-order valence-corrected chi connectivity index (χ0v) is 12.9. The van der Waals surface area contributed by atoms with E-state index < -0.39 is 0 Å². The van der Waals surface area contributed by atoms with Gasteiger partial charge in [0.2, 0.25) is 5.91 Å². The molecule has 1 N–H and O–H groups in total. The number of carbonyl (C=O) groups excluding carboxylic acids is 1. The lowest BCUT2D eigenvalue weighted by Crippen LogP contribution is -2.40. The monoisotopic (exact) mass is 269 g/mol. The molecule has 0 aromatic carbocycles. The number of hydrogen-bond donors (Lipinski definition) is 1. The van der Waals surface area contributed by atoms with Crippen LogP contribution in [0.5, 0.6) is 0 Å². The largest absolute Gasteiger partial charge is 0.347 e. The van der Waals surface area contributed by atoms with E-state index in [0.29, 0.717) is 6.54 Å². The van der Waals surface area contributed by atoms with Crippen LogP contribution in [0.2, 0.25) is 0 Å². The third kappa shape index (κ3) is 4.07. The molecule has 0 radical (unpaired) electrons. The quantitative estimate of drug-likeness (QED) is 0.909. The summed E-state index contributed by atoms with van der Waals surface area (Å²) in [5.41, 5.74) is 0.0913. The fourth-order valence-electron chi connectivity index (χ4n) is 1.46. The van der Waals surface area contributed by atoms with Crippen molar-refractivity contribution < 1.29 is 4.79 Å². The fraction of sp³-hybridized carbons (Fsp3) is 0.692. The Balaban J connectivity index is 2.54. The predicted molar refractivity (Wildman–Crippen MR) is 75.8 cm³/mol. The van der Waals surface area contributed by atoms with Gasteiger partial charge in [-0.15, -0.1) is 11.3 Å². The molecule has 1 heterocycles. The molecular formula is C13H23N3OS. The second-order valence-electron chi connectivity index (χ2n) is 5.72. The maximum Gasteiger partial charge on any atom is 0.238 e. The van der Waals surface area contributed by atoms with Crippen LogP contribution in [0.3, 0.4) is 0 Å². The predicted octanol–water partition coefficient (Wildman–Crippen LogP) is 2.01. The van der Waals surface area contributed by atoms with Gasteiger partial charge in [0, 0.05) is 37.1 Å². The van der Waals surface area contributed by atoms with Crippen molar-refractivity contribution >= 4 is 17.2 Å². The minimum Gasteiger partial charge on any atom is -0.347 e. The molecule has 0 aliphatic heterocycles. The highest BCUT2D eigenvalue weighted by molar-refractivity contribution is 7.11. The van der Waals surface area contributed by atoms with Gasteiger partial charge in [0.1, 0.15) is 0 Å². The van der Waals surface area contributed by atoms with Gasteiger partial charge >= 0.3 is 0 Å². The van der Waals surface area contributed by atoms with Crippen molar-refractivity contribution in [1.29, 1.82) is 0 Å². The number of hydrogen-bond acceptors (Lipinski definition) is 4. The third-order valence-corrected chi connectivity index (χ3v) is 4.01. The molecule has 0 spiro atoms. The van der Waals surface area contributed by atoms with E-state index in [1.807, 2.05) is 13.1 Å². The van der Waals surface area contributed by atoms with E-state index >= 15 is 0 Å². The first-order chi connectivity index (χ1) is 8.21. The SMILES string of the molecule is CC(NCc1cnc(C(C)(C)C)s1)C(=O)N(C)C. The summed E-state index contributed by atoms with van der Waals surface area (Å²) in [6.07, 6.45) is 1.89. The van der Waals surface area contributed by atoms with Gasteiger partial charge in [-0.2, -0.15) is 0 Å². The molecule has 0 aliphatic carbocycles. The molecule has 0 fully saturated rings. The molecule has 0 saturated heterocycles. The Morgan fingerprint density at radius 1 is 1.50 bits per heavy atom. The Morgan fingerprint density at radius 2 is 2.11 bits per heavy atom. The normalized spacial score (nSPS) is 13.4.